The summed E-state index contributed by atoms with van der Waals surface area (Å²) in [5.74, 6) is 1.81. The van der Waals surface area contributed by atoms with Gasteiger partial charge in [0.15, 0.2) is 5.58 Å². The Hall–Kier alpha value is -7.36. The van der Waals surface area contributed by atoms with Gasteiger partial charge >= 0.3 is 0 Å². The molecule has 0 N–H and O–H groups in total. The van der Waals surface area contributed by atoms with Gasteiger partial charge in [0.25, 0.3) is 0 Å². The second-order valence-electron chi connectivity index (χ2n) is 14.8. The van der Waals surface area contributed by atoms with Crippen molar-refractivity contribution in [3.63, 3.8) is 0 Å². The molecule has 2 aliphatic rings. The van der Waals surface area contributed by atoms with E-state index in [1.165, 1.54) is 49.7 Å². The fourth-order valence-electron chi connectivity index (χ4n) is 9.49. The fraction of sp³-hybridized carbons (Fsp3) is 0.0189. The van der Waals surface area contributed by atoms with E-state index in [1.807, 2.05) is 12.1 Å². The number of fused-ring (bicyclic) bond motifs is 13. The van der Waals surface area contributed by atoms with Crippen molar-refractivity contribution in [2.45, 2.75) is 5.41 Å². The highest BCUT2D eigenvalue weighted by Crippen LogP contribution is 2.62. The van der Waals surface area contributed by atoms with Gasteiger partial charge in [0.1, 0.15) is 17.1 Å². The molecule has 1 aromatic heterocycles. The number of hydrogen-bond acceptors (Lipinski definition) is 3. The predicted molar refractivity (Wildman–Crippen MR) is 229 cm³/mol. The molecule has 0 radical (unpaired) electrons. The average Bonchev–Trinajstić information content (AvgIpc) is 3.78. The quantitative estimate of drug-likeness (QED) is 0.181. The van der Waals surface area contributed by atoms with Gasteiger partial charge in [-0.2, -0.15) is 0 Å². The average molecular weight is 716 g/mol. The molecule has 1 spiro atoms. The first-order chi connectivity index (χ1) is 27.8. The van der Waals surface area contributed by atoms with E-state index in [0.29, 0.717) is 0 Å². The molecule has 56 heavy (non-hydrogen) atoms. The van der Waals surface area contributed by atoms with E-state index in [0.717, 1.165) is 56.1 Å². The first kappa shape index (κ1) is 31.0. The Morgan fingerprint density at radius 1 is 0.393 bits per heavy atom. The smallest absolute Gasteiger partial charge is 0.159 e. The lowest BCUT2D eigenvalue weighted by Gasteiger charge is -2.39. The number of anilines is 3. The molecule has 3 nitrogen and oxygen atoms in total. The van der Waals surface area contributed by atoms with Crippen LogP contribution in [-0.4, -0.2) is 0 Å². The largest absolute Gasteiger partial charge is 0.457 e. The molecular weight excluding hydrogens is 683 g/mol. The molecule has 0 saturated heterocycles. The molecule has 0 amide bonds. The van der Waals surface area contributed by atoms with Gasteiger partial charge in [0, 0.05) is 33.3 Å². The molecule has 12 rings (SSSR count). The van der Waals surface area contributed by atoms with Crippen LogP contribution in [0.5, 0.6) is 11.5 Å². The molecule has 0 bridgehead atoms. The Bertz CT molecular complexity index is 3180. The lowest BCUT2D eigenvalue weighted by molar-refractivity contribution is 0.437. The molecular formula is C53H33NO2. The maximum absolute atomic E-state index is 6.72. The SMILES string of the molecule is c1ccc(N(c2ccc(-c3ccc4c(c3)-c3ccccc3C43c4ccccc4Oc4cc5ccccc5cc43)cc2)c2cccc3c2oc2ccccc23)cc1. The van der Waals surface area contributed by atoms with Gasteiger partial charge in [0.05, 0.1) is 11.1 Å². The zero-order chi connectivity index (χ0) is 36.8. The summed E-state index contributed by atoms with van der Waals surface area (Å²) in [7, 11) is 0. The molecule has 3 heteroatoms. The number of benzene rings is 9. The minimum atomic E-state index is -0.517. The van der Waals surface area contributed by atoms with Crippen molar-refractivity contribution >= 4 is 49.8 Å². The lowest BCUT2D eigenvalue weighted by Crippen LogP contribution is -2.32. The van der Waals surface area contributed by atoms with Gasteiger partial charge < -0.3 is 14.1 Å². The van der Waals surface area contributed by atoms with E-state index in [4.69, 9.17) is 9.15 Å². The summed E-state index contributed by atoms with van der Waals surface area (Å²) < 4.78 is 13.3. The number of ether oxygens (including phenoxy) is 1. The second-order valence-corrected chi connectivity index (χ2v) is 14.8. The lowest BCUT2D eigenvalue weighted by atomic mass is 9.65. The van der Waals surface area contributed by atoms with Crippen LogP contribution in [0.15, 0.2) is 205 Å². The van der Waals surface area contributed by atoms with Crippen LogP contribution in [-0.2, 0) is 5.41 Å². The molecule has 0 fully saturated rings. The highest BCUT2D eigenvalue weighted by atomic mass is 16.5. The standard InChI is InChI=1S/C53H33NO2/c1-2-15-38(16-3-1)54(48-22-12-19-42-41-18-7-10-23-49(41)56-52(42)48)39-28-25-34(26-29-39)37-27-30-45-43(31-37)40-17-6-8-20-44(40)53(45)46-21-9-11-24-50(46)55-51-33-36-14-5-4-13-35(36)32-47(51)53/h1-33H. The number of rotatable bonds is 4. The summed E-state index contributed by atoms with van der Waals surface area (Å²) in [5.41, 5.74) is 14.1. The van der Waals surface area contributed by atoms with E-state index in [1.54, 1.807) is 0 Å². The van der Waals surface area contributed by atoms with E-state index in [9.17, 15) is 0 Å². The Balaban J connectivity index is 1.01. The molecule has 10 aromatic rings. The monoisotopic (exact) mass is 715 g/mol. The Labute approximate surface area is 324 Å². The summed E-state index contributed by atoms with van der Waals surface area (Å²) in [6.07, 6.45) is 0. The van der Waals surface area contributed by atoms with Gasteiger partial charge in [-0.3, -0.25) is 0 Å². The van der Waals surface area contributed by atoms with Crippen molar-refractivity contribution in [3.8, 4) is 33.8 Å². The molecule has 262 valence electrons. The third-order valence-corrected chi connectivity index (χ3v) is 11.9. The molecule has 9 aromatic carbocycles. The minimum Gasteiger partial charge on any atom is -0.457 e. The van der Waals surface area contributed by atoms with Gasteiger partial charge in [-0.25, -0.2) is 0 Å². The zero-order valence-corrected chi connectivity index (χ0v) is 30.3. The normalized spacial score (nSPS) is 15.0. The molecule has 1 aliphatic heterocycles. The van der Waals surface area contributed by atoms with Crippen LogP contribution in [0.1, 0.15) is 22.3 Å². The molecule has 0 saturated carbocycles. The summed E-state index contributed by atoms with van der Waals surface area (Å²) in [4.78, 5) is 2.29. The number of para-hydroxylation sites is 4. The zero-order valence-electron chi connectivity index (χ0n) is 30.3. The topological polar surface area (TPSA) is 25.6 Å². The van der Waals surface area contributed by atoms with Crippen LogP contribution < -0.4 is 9.64 Å². The summed E-state index contributed by atoms with van der Waals surface area (Å²) in [6.45, 7) is 0. The van der Waals surface area contributed by atoms with Crippen LogP contribution >= 0.6 is 0 Å². The maximum atomic E-state index is 6.72. The Morgan fingerprint density at radius 2 is 1.05 bits per heavy atom. The summed E-state index contributed by atoms with van der Waals surface area (Å²) in [6, 6.07) is 71.8. The summed E-state index contributed by atoms with van der Waals surface area (Å²) >= 11 is 0. The van der Waals surface area contributed by atoms with Crippen molar-refractivity contribution in [3.05, 3.63) is 222 Å². The maximum Gasteiger partial charge on any atom is 0.159 e. The van der Waals surface area contributed by atoms with Crippen LogP contribution in [0.25, 0.3) is 55.0 Å². The van der Waals surface area contributed by atoms with Crippen LogP contribution in [0.4, 0.5) is 17.1 Å². The van der Waals surface area contributed by atoms with Crippen molar-refractivity contribution in [1.82, 2.24) is 0 Å². The van der Waals surface area contributed by atoms with Gasteiger partial charge in [0.2, 0.25) is 0 Å². The number of furan rings is 1. The predicted octanol–water partition coefficient (Wildman–Crippen LogP) is 14.3. The number of nitrogens with zero attached hydrogens (tertiary/aromatic N) is 1. The van der Waals surface area contributed by atoms with Crippen molar-refractivity contribution in [2.75, 3.05) is 4.90 Å². The minimum absolute atomic E-state index is 0.517. The van der Waals surface area contributed by atoms with Gasteiger partial charge in [-0.15, -0.1) is 0 Å². The highest BCUT2D eigenvalue weighted by Gasteiger charge is 2.51. The van der Waals surface area contributed by atoms with Crippen molar-refractivity contribution in [1.29, 1.82) is 0 Å². The van der Waals surface area contributed by atoms with Crippen molar-refractivity contribution < 1.29 is 9.15 Å². The van der Waals surface area contributed by atoms with Crippen molar-refractivity contribution in [2.24, 2.45) is 0 Å². The molecule has 1 unspecified atom stereocenters. The fourth-order valence-corrected chi connectivity index (χ4v) is 9.49. The van der Waals surface area contributed by atoms with Gasteiger partial charge in [-0.1, -0.05) is 140 Å². The van der Waals surface area contributed by atoms with Gasteiger partial charge in [-0.05, 0) is 105 Å². The van der Waals surface area contributed by atoms with E-state index in [-0.39, 0.29) is 0 Å². The molecule has 2 heterocycles. The van der Waals surface area contributed by atoms with E-state index >= 15 is 0 Å². The number of hydrogen-bond donors (Lipinski definition) is 0. The molecule has 1 aliphatic carbocycles. The third-order valence-electron chi connectivity index (χ3n) is 11.9. The first-order valence-electron chi connectivity index (χ1n) is 19.2. The Morgan fingerprint density at radius 3 is 1.93 bits per heavy atom. The highest BCUT2D eigenvalue weighted by molar-refractivity contribution is 6.10. The van der Waals surface area contributed by atoms with E-state index in [2.05, 4.69) is 193 Å². The van der Waals surface area contributed by atoms with E-state index < -0.39 is 5.41 Å². The summed E-state index contributed by atoms with van der Waals surface area (Å²) in [5, 5.41) is 4.60. The van der Waals surface area contributed by atoms with Crippen LogP contribution in [0.3, 0.4) is 0 Å². The second kappa shape index (κ2) is 11.8. The first-order valence-corrected chi connectivity index (χ1v) is 19.2. The molecule has 1 atom stereocenters. The third kappa shape index (κ3) is 4.34. The van der Waals surface area contributed by atoms with Crippen LogP contribution in [0, 0.1) is 0 Å². The Kier molecular flexibility index (Phi) is 6.55. The van der Waals surface area contributed by atoms with Crippen LogP contribution in [0.2, 0.25) is 0 Å².